The zero-order valence-electron chi connectivity index (χ0n) is 15.5. The van der Waals surface area contributed by atoms with E-state index in [-0.39, 0.29) is 12.3 Å². The number of nitrogens with zero attached hydrogens (tertiary/aromatic N) is 3. The number of anilines is 1. The molecule has 0 aliphatic heterocycles. The number of rotatable bonds is 9. The second kappa shape index (κ2) is 10.1. The molecule has 1 aromatic heterocycles. The summed E-state index contributed by atoms with van der Waals surface area (Å²) in [7, 11) is 0. The summed E-state index contributed by atoms with van der Waals surface area (Å²) >= 11 is 7.74. The Hall–Kier alpha value is -2.51. The van der Waals surface area contributed by atoms with Crippen LogP contribution in [0.5, 0.6) is 5.75 Å². The van der Waals surface area contributed by atoms with Crippen molar-refractivity contribution < 1.29 is 9.53 Å². The van der Waals surface area contributed by atoms with Gasteiger partial charge in [0.2, 0.25) is 11.9 Å². The van der Waals surface area contributed by atoms with Crippen LogP contribution in [0.25, 0.3) is 0 Å². The maximum Gasteiger partial charge on any atom is 0.231 e. The summed E-state index contributed by atoms with van der Waals surface area (Å²) in [5.41, 5.74) is 1.03. The SMILES string of the molecule is CCn1c(NC(=O)CCOc2ccccc2)nnc1SCc1ccccc1Cl. The molecule has 6 nitrogen and oxygen atoms in total. The highest BCUT2D eigenvalue weighted by Gasteiger charge is 2.14. The molecule has 0 spiro atoms. The van der Waals surface area contributed by atoms with Crippen molar-refractivity contribution >= 4 is 35.2 Å². The number of benzene rings is 2. The van der Waals surface area contributed by atoms with E-state index in [4.69, 9.17) is 16.3 Å². The van der Waals surface area contributed by atoms with Gasteiger partial charge in [0, 0.05) is 17.3 Å². The molecule has 0 unspecified atom stereocenters. The van der Waals surface area contributed by atoms with Crippen LogP contribution in [0.3, 0.4) is 0 Å². The Kier molecular flexibility index (Phi) is 7.33. The molecule has 0 aliphatic rings. The molecule has 0 saturated heterocycles. The van der Waals surface area contributed by atoms with E-state index in [0.717, 1.165) is 21.5 Å². The van der Waals surface area contributed by atoms with Crippen molar-refractivity contribution in [1.29, 1.82) is 0 Å². The largest absolute Gasteiger partial charge is 0.493 e. The smallest absolute Gasteiger partial charge is 0.231 e. The molecular weight excluding hydrogens is 396 g/mol. The van der Waals surface area contributed by atoms with Crippen LogP contribution < -0.4 is 10.1 Å². The lowest BCUT2D eigenvalue weighted by molar-refractivity contribution is -0.116. The summed E-state index contributed by atoms with van der Waals surface area (Å²) in [6, 6.07) is 17.1. The average molecular weight is 417 g/mol. The molecule has 0 saturated carbocycles. The van der Waals surface area contributed by atoms with E-state index in [1.165, 1.54) is 11.8 Å². The predicted molar refractivity (Wildman–Crippen MR) is 112 cm³/mol. The quantitative estimate of drug-likeness (QED) is 0.514. The zero-order chi connectivity index (χ0) is 19.8. The first kappa shape index (κ1) is 20.2. The van der Waals surface area contributed by atoms with Crippen molar-refractivity contribution in [1.82, 2.24) is 14.8 Å². The van der Waals surface area contributed by atoms with Crippen molar-refractivity contribution in [2.75, 3.05) is 11.9 Å². The molecule has 28 heavy (non-hydrogen) atoms. The van der Waals surface area contributed by atoms with E-state index in [1.54, 1.807) is 0 Å². The van der Waals surface area contributed by atoms with Gasteiger partial charge in [0.05, 0.1) is 13.0 Å². The minimum atomic E-state index is -0.166. The van der Waals surface area contributed by atoms with Crippen LogP contribution in [0.1, 0.15) is 18.9 Å². The number of nitrogens with one attached hydrogen (secondary N) is 1. The van der Waals surface area contributed by atoms with Gasteiger partial charge in [-0.2, -0.15) is 0 Å². The van der Waals surface area contributed by atoms with Crippen LogP contribution in [0.15, 0.2) is 59.8 Å². The lowest BCUT2D eigenvalue weighted by atomic mass is 10.2. The maximum absolute atomic E-state index is 12.2. The third-order valence-electron chi connectivity index (χ3n) is 3.94. The van der Waals surface area contributed by atoms with E-state index in [0.29, 0.717) is 24.9 Å². The number of para-hydroxylation sites is 1. The molecular formula is C20H21ClN4O2S. The van der Waals surface area contributed by atoms with Crippen molar-refractivity contribution in [3.05, 3.63) is 65.2 Å². The third-order valence-corrected chi connectivity index (χ3v) is 5.32. The number of hydrogen-bond donors (Lipinski definition) is 1. The highest BCUT2D eigenvalue weighted by Crippen LogP contribution is 2.27. The van der Waals surface area contributed by atoms with Crippen LogP contribution in [0.2, 0.25) is 5.02 Å². The van der Waals surface area contributed by atoms with E-state index in [2.05, 4.69) is 15.5 Å². The highest BCUT2D eigenvalue weighted by atomic mass is 35.5. The summed E-state index contributed by atoms with van der Waals surface area (Å²) in [6.45, 7) is 2.93. The molecule has 3 rings (SSSR count). The van der Waals surface area contributed by atoms with Crippen LogP contribution in [-0.2, 0) is 17.1 Å². The van der Waals surface area contributed by atoms with Crippen LogP contribution in [-0.4, -0.2) is 27.3 Å². The van der Waals surface area contributed by atoms with Crippen LogP contribution in [0, 0.1) is 0 Å². The summed E-state index contributed by atoms with van der Waals surface area (Å²) in [6.07, 6.45) is 0.230. The average Bonchev–Trinajstić information content (AvgIpc) is 3.09. The monoisotopic (exact) mass is 416 g/mol. The molecule has 1 amide bonds. The number of hydrogen-bond acceptors (Lipinski definition) is 5. The van der Waals surface area contributed by atoms with Gasteiger partial charge in [0.1, 0.15) is 5.75 Å². The number of ether oxygens (including phenoxy) is 1. The molecule has 0 radical (unpaired) electrons. The van der Waals surface area contributed by atoms with Crippen molar-refractivity contribution in [3.63, 3.8) is 0 Å². The van der Waals surface area contributed by atoms with Gasteiger partial charge < -0.3 is 4.74 Å². The number of halogens is 1. The Morgan fingerprint density at radius 3 is 2.64 bits per heavy atom. The van der Waals surface area contributed by atoms with Crippen molar-refractivity contribution in [2.45, 2.75) is 30.8 Å². The maximum atomic E-state index is 12.2. The first-order valence-corrected chi connectivity index (χ1v) is 10.3. The highest BCUT2D eigenvalue weighted by molar-refractivity contribution is 7.98. The molecule has 3 aromatic rings. The molecule has 8 heteroatoms. The number of thioether (sulfide) groups is 1. The molecule has 2 aromatic carbocycles. The summed E-state index contributed by atoms with van der Waals surface area (Å²) in [5, 5.41) is 12.6. The summed E-state index contributed by atoms with van der Waals surface area (Å²) in [5.74, 6) is 1.69. The van der Waals surface area contributed by atoms with E-state index >= 15 is 0 Å². The Balaban J connectivity index is 1.54. The Bertz CT molecular complexity index is 918. The summed E-state index contributed by atoms with van der Waals surface area (Å²) in [4.78, 5) is 12.2. The predicted octanol–water partition coefficient (Wildman–Crippen LogP) is 4.65. The molecule has 1 heterocycles. The second-order valence-electron chi connectivity index (χ2n) is 5.89. The van der Waals surface area contributed by atoms with Gasteiger partial charge in [-0.1, -0.05) is 59.8 Å². The normalized spacial score (nSPS) is 10.6. The number of carbonyl (C=O) groups is 1. The second-order valence-corrected chi connectivity index (χ2v) is 7.24. The van der Waals surface area contributed by atoms with Gasteiger partial charge in [-0.15, -0.1) is 10.2 Å². The van der Waals surface area contributed by atoms with Crippen LogP contribution >= 0.6 is 23.4 Å². The first-order chi connectivity index (χ1) is 13.7. The fraction of sp³-hybridized carbons (Fsp3) is 0.250. The van der Waals surface area contributed by atoms with E-state index in [9.17, 15) is 4.79 Å². The molecule has 0 bridgehead atoms. The van der Waals surface area contributed by atoms with Gasteiger partial charge in [-0.05, 0) is 30.7 Å². The minimum Gasteiger partial charge on any atom is -0.493 e. The van der Waals surface area contributed by atoms with Gasteiger partial charge >= 0.3 is 0 Å². The zero-order valence-corrected chi connectivity index (χ0v) is 17.0. The van der Waals surface area contributed by atoms with Crippen LogP contribution in [0.4, 0.5) is 5.95 Å². The Morgan fingerprint density at radius 2 is 1.89 bits per heavy atom. The Labute approximate surface area is 173 Å². The van der Waals surface area contributed by atoms with Gasteiger partial charge in [-0.3, -0.25) is 14.7 Å². The van der Waals surface area contributed by atoms with Gasteiger partial charge in [0.25, 0.3) is 0 Å². The Morgan fingerprint density at radius 1 is 1.14 bits per heavy atom. The van der Waals surface area contributed by atoms with Gasteiger partial charge in [-0.25, -0.2) is 0 Å². The van der Waals surface area contributed by atoms with Crippen molar-refractivity contribution in [2.24, 2.45) is 0 Å². The molecule has 146 valence electrons. The fourth-order valence-electron chi connectivity index (χ4n) is 2.50. The fourth-order valence-corrected chi connectivity index (χ4v) is 3.78. The molecule has 1 N–H and O–H groups in total. The molecule has 0 fully saturated rings. The summed E-state index contributed by atoms with van der Waals surface area (Å²) < 4.78 is 7.43. The minimum absolute atomic E-state index is 0.166. The topological polar surface area (TPSA) is 69.0 Å². The number of carbonyl (C=O) groups excluding carboxylic acids is 1. The number of amides is 1. The van der Waals surface area contributed by atoms with E-state index < -0.39 is 0 Å². The molecule has 0 atom stereocenters. The third kappa shape index (κ3) is 5.50. The lowest BCUT2D eigenvalue weighted by Crippen LogP contribution is -2.18. The van der Waals surface area contributed by atoms with Crippen molar-refractivity contribution in [3.8, 4) is 5.75 Å². The molecule has 0 aliphatic carbocycles. The van der Waals surface area contributed by atoms with Gasteiger partial charge in [0.15, 0.2) is 5.16 Å². The first-order valence-electron chi connectivity index (χ1n) is 8.94. The van der Waals surface area contributed by atoms with E-state index in [1.807, 2.05) is 66.1 Å². The lowest BCUT2D eigenvalue weighted by Gasteiger charge is -2.09. The standard InChI is InChI=1S/C20H21ClN4O2S/c1-2-25-19(22-18(26)12-13-27-16-9-4-3-5-10-16)23-24-20(25)28-14-15-8-6-7-11-17(15)21/h3-11H,2,12-14H2,1H3,(H,22,23,26). The number of aromatic nitrogens is 3.